The van der Waals surface area contributed by atoms with Gasteiger partial charge in [0, 0.05) is 49.8 Å². The highest BCUT2D eigenvalue weighted by Crippen LogP contribution is 2.72. The predicted molar refractivity (Wildman–Crippen MR) is 269 cm³/mol. The number of allylic oxidation sites excluding steroid dienone is 3. The van der Waals surface area contributed by atoms with Crippen molar-refractivity contribution >= 4 is 33.2 Å². The van der Waals surface area contributed by atoms with Crippen molar-refractivity contribution in [3.8, 4) is 38.5 Å². The molecule has 0 bridgehead atoms. The van der Waals surface area contributed by atoms with E-state index in [1.54, 1.807) is 46.8 Å². The number of nitrogens with one attached hydrogen (secondary N) is 1. The van der Waals surface area contributed by atoms with Crippen molar-refractivity contribution in [1.82, 2.24) is 14.5 Å². The second-order valence-electron chi connectivity index (χ2n) is 19.2. The zero-order valence-electron chi connectivity index (χ0n) is 40.0. The van der Waals surface area contributed by atoms with Crippen molar-refractivity contribution in [1.29, 1.82) is 0 Å². The molecule has 2 aromatic carbocycles. The van der Waals surface area contributed by atoms with Crippen LogP contribution in [-0.2, 0) is 10.0 Å². The lowest BCUT2D eigenvalue weighted by Gasteiger charge is -2.68. The second kappa shape index (κ2) is 23.6. The number of sulfonamides is 1. The summed E-state index contributed by atoms with van der Waals surface area (Å²) in [6.07, 6.45) is 41.3. The molecule has 1 heterocycles. The molecular weight excluding hydrogens is 834 g/mol. The molecule has 350 valence electrons. The first-order chi connectivity index (χ1) is 30.6. The molecule has 8 atom stereocenters. The number of benzene rings is 2. The normalized spacial score (nSPS) is 31.2. The van der Waals surface area contributed by atoms with Crippen molar-refractivity contribution < 1.29 is 18.3 Å². The average molecular weight is 913 g/mol. The van der Waals surface area contributed by atoms with Gasteiger partial charge in [-0.05, 0) is 158 Å². The molecular formula is C55H78ClN3O4S. The minimum atomic E-state index is -3.50. The Balaban J connectivity index is 0.000000916. The van der Waals surface area contributed by atoms with Crippen LogP contribution in [0.15, 0.2) is 72.2 Å². The quantitative estimate of drug-likeness (QED) is 0.203. The lowest BCUT2D eigenvalue weighted by atomic mass is 9.37. The van der Waals surface area contributed by atoms with E-state index in [9.17, 15) is 18.3 Å². The number of nitrogens with zero attached hydrogens (tertiary/aromatic N) is 2. The molecule has 0 spiro atoms. The third-order valence-electron chi connectivity index (χ3n) is 16.2. The van der Waals surface area contributed by atoms with Gasteiger partial charge in [0.05, 0.1) is 10.5 Å². The summed E-state index contributed by atoms with van der Waals surface area (Å²) in [6, 6.07) is 14.1. The van der Waals surface area contributed by atoms with Crippen LogP contribution in [0.1, 0.15) is 129 Å². The van der Waals surface area contributed by atoms with Gasteiger partial charge < -0.3 is 10.4 Å². The molecule has 4 unspecified atom stereocenters. The van der Waals surface area contributed by atoms with Gasteiger partial charge in [-0.25, -0.2) is 13.2 Å². The summed E-state index contributed by atoms with van der Waals surface area (Å²) in [4.78, 5) is 14.3. The smallest absolute Gasteiger partial charge is 0.335 e. The minimum Gasteiger partial charge on any atom is -0.478 e. The van der Waals surface area contributed by atoms with Crippen LogP contribution in [0, 0.1) is 84.4 Å². The maximum Gasteiger partial charge on any atom is 0.335 e. The summed E-state index contributed by atoms with van der Waals surface area (Å²) in [5.74, 6) is 2.83. The van der Waals surface area contributed by atoms with Crippen molar-refractivity contribution in [2.75, 3.05) is 39.3 Å². The standard InChI is InChI=1S/C44H60ClN3O4S.C3H6.C2H6.3C2H2/c1-41(2)35(30-7-9-31(10-8-30)40(49)50)17-21-43(4)38(41)19-22-42(3)36-18-23-44(20-5-6-37(44)34(36)15-16-39(42)43)46-24-25-47-26-28-48(29-27-47)53(51,52)33-13-11-32(45)12-14-33;1-3-2;4*1-2/h7-14,17,34,36-39,46H,5-6,15-16,18-29H2,1-4H3,(H,49,50);3H,1H2,2H3;1-2H3;3*1-2H/t34-,36?,37?,38?,39?,42-,43-,44-;;;;;/m0...../s1. The van der Waals surface area contributed by atoms with Crippen LogP contribution in [-0.4, -0.2) is 73.5 Å². The van der Waals surface area contributed by atoms with Gasteiger partial charge in [0.25, 0.3) is 0 Å². The largest absolute Gasteiger partial charge is 0.478 e. The highest BCUT2D eigenvalue weighted by molar-refractivity contribution is 7.89. The molecule has 9 heteroatoms. The van der Waals surface area contributed by atoms with Gasteiger partial charge in [-0.15, -0.1) is 45.1 Å². The van der Waals surface area contributed by atoms with Crippen LogP contribution in [0.2, 0.25) is 5.02 Å². The maximum atomic E-state index is 13.2. The molecule has 64 heavy (non-hydrogen) atoms. The number of carboxylic acid groups (broad SMARTS) is 1. The maximum absolute atomic E-state index is 13.2. The highest BCUT2D eigenvalue weighted by Gasteiger charge is 2.65. The topological polar surface area (TPSA) is 89.9 Å². The zero-order chi connectivity index (χ0) is 48.1. The Kier molecular flexibility index (Phi) is 20.1. The first-order valence-corrected chi connectivity index (χ1v) is 25.3. The van der Waals surface area contributed by atoms with E-state index in [0.29, 0.717) is 39.9 Å². The van der Waals surface area contributed by atoms with Gasteiger partial charge in [0.2, 0.25) is 10.0 Å². The summed E-state index contributed by atoms with van der Waals surface area (Å²) in [5.41, 5.74) is 3.87. The van der Waals surface area contributed by atoms with E-state index in [1.165, 1.54) is 68.9 Å². The number of fused-ring (bicyclic) bond motifs is 7. The zero-order valence-corrected chi connectivity index (χ0v) is 41.6. The van der Waals surface area contributed by atoms with Crippen LogP contribution < -0.4 is 5.32 Å². The molecule has 2 aromatic rings. The molecule has 2 N–H and O–H groups in total. The summed E-state index contributed by atoms with van der Waals surface area (Å²) in [6.45, 7) is 24.0. The number of rotatable bonds is 8. The molecule has 0 aromatic heterocycles. The third-order valence-corrected chi connectivity index (χ3v) is 18.4. The fraction of sp³-hybridized carbons (Fsp3) is 0.582. The van der Waals surface area contributed by atoms with Gasteiger partial charge >= 0.3 is 5.97 Å². The second-order valence-corrected chi connectivity index (χ2v) is 21.5. The Hall–Kier alpha value is -3.81. The van der Waals surface area contributed by atoms with Crippen LogP contribution in [0.4, 0.5) is 0 Å². The molecule has 0 amide bonds. The van der Waals surface area contributed by atoms with Gasteiger partial charge in [-0.2, -0.15) is 4.31 Å². The number of hydrogen-bond donors (Lipinski definition) is 2. The summed E-state index contributed by atoms with van der Waals surface area (Å²) in [5, 5.41) is 14.2. The fourth-order valence-electron chi connectivity index (χ4n) is 13.8. The number of halogens is 1. The Bertz CT molecular complexity index is 2020. The third kappa shape index (κ3) is 10.7. The van der Waals surface area contributed by atoms with Gasteiger partial charge in [0.1, 0.15) is 0 Å². The number of carboxylic acids is 1. The Morgan fingerprint density at radius 2 is 1.41 bits per heavy atom. The number of carbonyl (C=O) groups is 1. The summed E-state index contributed by atoms with van der Waals surface area (Å²) < 4.78 is 28.1. The van der Waals surface area contributed by atoms with E-state index in [2.05, 4.69) is 89.1 Å². The van der Waals surface area contributed by atoms with Crippen LogP contribution in [0.5, 0.6) is 0 Å². The molecule has 1 aliphatic heterocycles. The van der Waals surface area contributed by atoms with Crippen molar-refractivity contribution in [2.24, 2.45) is 45.8 Å². The van der Waals surface area contributed by atoms with E-state index in [4.69, 9.17) is 11.6 Å². The molecule has 8 rings (SSSR count). The van der Waals surface area contributed by atoms with E-state index < -0.39 is 16.0 Å². The fourth-order valence-corrected chi connectivity index (χ4v) is 15.4. The Morgan fingerprint density at radius 1 is 0.812 bits per heavy atom. The Labute approximate surface area is 394 Å². The summed E-state index contributed by atoms with van der Waals surface area (Å²) >= 11 is 6.00. The molecule has 4 saturated carbocycles. The van der Waals surface area contributed by atoms with Crippen molar-refractivity contribution in [3.05, 3.63) is 83.4 Å². The minimum absolute atomic E-state index is 0.0323. The summed E-state index contributed by atoms with van der Waals surface area (Å²) in [7, 11) is -3.50. The molecule has 0 radical (unpaired) electrons. The average Bonchev–Trinajstić information content (AvgIpc) is 3.74. The number of hydrogen-bond acceptors (Lipinski definition) is 5. The van der Waals surface area contributed by atoms with Crippen LogP contribution in [0.25, 0.3) is 5.57 Å². The highest BCUT2D eigenvalue weighted by atomic mass is 35.5. The Morgan fingerprint density at radius 3 is 1.98 bits per heavy atom. The van der Waals surface area contributed by atoms with Gasteiger partial charge in [0.15, 0.2) is 0 Å². The first-order valence-electron chi connectivity index (χ1n) is 23.5. The van der Waals surface area contributed by atoms with Gasteiger partial charge in [-0.1, -0.05) is 83.8 Å². The van der Waals surface area contributed by atoms with Crippen LogP contribution >= 0.6 is 11.6 Å². The SMILES string of the molecule is C#C.C#C.C#C.C=CC.CC.CC1(C)C(c2ccc(C(=O)O)cc2)=CC[C@@]2(C)C1CC[C@@]1(C)C3CC[C@@]4(NCCN5CCN(S(=O)(=O)c6ccc(Cl)cc6)CC5)CCCC4[C@H]3CCC12. The molecule has 1 saturated heterocycles. The number of terminal acetylenes is 3. The lowest BCUT2D eigenvalue weighted by molar-refractivity contribution is -0.172. The van der Waals surface area contributed by atoms with Gasteiger partial charge in [-0.3, -0.25) is 4.90 Å². The molecule has 5 aliphatic carbocycles. The first kappa shape index (κ1) is 54.5. The van der Waals surface area contributed by atoms with E-state index in [0.717, 1.165) is 56.3 Å². The molecule has 7 nitrogen and oxygen atoms in total. The van der Waals surface area contributed by atoms with E-state index in [1.807, 2.05) is 32.9 Å². The number of piperazine rings is 1. The monoisotopic (exact) mass is 912 g/mol. The predicted octanol–water partition coefficient (Wildman–Crippen LogP) is 11.8. The van der Waals surface area contributed by atoms with E-state index in [-0.39, 0.29) is 16.4 Å². The molecule has 5 fully saturated rings. The number of aromatic carboxylic acids is 1. The van der Waals surface area contributed by atoms with Crippen molar-refractivity contribution in [3.63, 3.8) is 0 Å². The van der Waals surface area contributed by atoms with E-state index >= 15 is 0 Å². The van der Waals surface area contributed by atoms with Crippen molar-refractivity contribution in [2.45, 2.75) is 123 Å². The van der Waals surface area contributed by atoms with Crippen LogP contribution in [0.3, 0.4) is 0 Å². The lowest BCUT2D eigenvalue weighted by Crippen LogP contribution is -2.64. The molecule has 6 aliphatic rings.